The minimum atomic E-state index is -0.368. The lowest BCUT2D eigenvalue weighted by molar-refractivity contribution is -0.138. The van der Waals surface area contributed by atoms with Crippen LogP contribution in [0.25, 0.3) is 0 Å². The van der Waals surface area contributed by atoms with Gasteiger partial charge in [0.15, 0.2) is 5.82 Å². The van der Waals surface area contributed by atoms with Gasteiger partial charge in [-0.15, -0.1) is 10.2 Å². The number of morpholine rings is 1. The van der Waals surface area contributed by atoms with Crippen molar-refractivity contribution in [3.05, 3.63) is 42.2 Å². The Bertz CT molecular complexity index is 711. The molecular formula is C18H26N6O2. The Morgan fingerprint density at radius 2 is 2.12 bits per heavy atom. The SMILES string of the molecule is CC(C)n1cnnc1CN(C)C(=O)C(c1cccnc1)N1CCOCC1. The third-order valence-electron chi connectivity index (χ3n) is 4.60. The fourth-order valence-corrected chi connectivity index (χ4v) is 3.19. The first kappa shape index (κ1) is 18.5. The quantitative estimate of drug-likeness (QED) is 0.774. The van der Waals surface area contributed by atoms with E-state index in [1.165, 1.54) is 0 Å². The second-order valence-electron chi connectivity index (χ2n) is 6.78. The monoisotopic (exact) mass is 358 g/mol. The molecule has 1 saturated heterocycles. The van der Waals surface area contributed by atoms with Gasteiger partial charge >= 0.3 is 0 Å². The molecule has 2 aromatic heterocycles. The second kappa shape index (κ2) is 8.37. The molecule has 0 radical (unpaired) electrons. The van der Waals surface area contributed by atoms with Crippen molar-refractivity contribution in [2.75, 3.05) is 33.4 Å². The molecule has 1 unspecified atom stereocenters. The van der Waals surface area contributed by atoms with Crippen LogP contribution in [0.2, 0.25) is 0 Å². The Kier molecular flexibility index (Phi) is 5.95. The van der Waals surface area contributed by atoms with Crippen LogP contribution in [0.4, 0.5) is 0 Å². The number of likely N-dealkylation sites (N-methyl/N-ethyl adjacent to an activating group) is 1. The number of carbonyl (C=O) groups excluding carboxylic acids is 1. The van der Waals surface area contributed by atoms with Crippen molar-refractivity contribution in [1.82, 2.24) is 29.5 Å². The number of nitrogens with zero attached hydrogens (tertiary/aromatic N) is 6. The number of ether oxygens (including phenoxy) is 1. The number of aromatic nitrogens is 4. The molecule has 0 saturated carbocycles. The van der Waals surface area contributed by atoms with Gasteiger partial charge in [0.2, 0.25) is 5.91 Å². The van der Waals surface area contributed by atoms with Gasteiger partial charge in [0.05, 0.1) is 19.8 Å². The van der Waals surface area contributed by atoms with Crippen LogP contribution in [0.1, 0.15) is 37.3 Å². The average molecular weight is 358 g/mol. The van der Waals surface area contributed by atoms with Crippen LogP contribution < -0.4 is 0 Å². The lowest BCUT2D eigenvalue weighted by Crippen LogP contribution is -2.46. The van der Waals surface area contributed by atoms with Gasteiger partial charge in [0, 0.05) is 38.6 Å². The molecule has 1 fully saturated rings. The lowest BCUT2D eigenvalue weighted by Gasteiger charge is -2.35. The van der Waals surface area contributed by atoms with Crippen LogP contribution in [-0.4, -0.2) is 68.8 Å². The Labute approximate surface area is 153 Å². The normalized spacial score (nSPS) is 16.6. The van der Waals surface area contributed by atoms with E-state index < -0.39 is 0 Å². The summed E-state index contributed by atoms with van der Waals surface area (Å²) in [6.45, 7) is 7.27. The first-order chi connectivity index (χ1) is 12.6. The smallest absolute Gasteiger partial charge is 0.244 e. The molecular weight excluding hydrogens is 332 g/mol. The van der Waals surface area contributed by atoms with Crippen LogP contribution >= 0.6 is 0 Å². The van der Waals surface area contributed by atoms with Gasteiger partial charge in [-0.3, -0.25) is 14.7 Å². The van der Waals surface area contributed by atoms with E-state index in [0.29, 0.717) is 19.8 Å². The molecule has 0 aliphatic carbocycles. The fraction of sp³-hybridized carbons (Fsp3) is 0.556. The van der Waals surface area contributed by atoms with Crippen molar-refractivity contribution in [3.8, 4) is 0 Å². The summed E-state index contributed by atoms with van der Waals surface area (Å²) >= 11 is 0. The summed E-state index contributed by atoms with van der Waals surface area (Å²) in [6.07, 6.45) is 5.19. The molecule has 1 atom stereocenters. The molecule has 0 bridgehead atoms. The van der Waals surface area contributed by atoms with Crippen LogP contribution in [0.15, 0.2) is 30.9 Å². The van der Waals surface area contributed by atoms with Crippen molar-refractivity contribution >= 4 is 5.91 Å². The van der Waals surface area contributed by atoms with Crippen molar-refractivity contribution < 1.29 is 9.53 Å². The standard InChI is InChI=1S/C18H26N6O2/c1-14(2)24-13-20-21-16(24)12-22(3)18(25)17(15-5-4-6-19-11-15)23-7-9-26-10-8-23/h4-6,11,13-14,17H,7-10,12H2,1-3H3. The number of hydrogen-bond acceptors (Lipinski definition) is 6. The highest BCUT2D eigenvalue weighted by atomic mass is 16.5. The zero-order chi connectivity index (χ0) is 18.5. The van der Waals surface area contributed by atoms with E-state index in [-0.39, 0.29) is 18.0 Å². The van der Waals surface area contributed by atoms with Gasteiger partial charge in [-0.25, -0.2) is 0 Å². The van der Waals surface area contributed by atoms with Crippen LogP contribution in [0.3, 0.4) is 0 Å². The minimum absolute atomic E-state index is 0.0261. The van der Waals surface area contributed by atoms with E-state index >= 15 is 0 Å². The molecule has 1 aliphatic heterocycles. The van der Waals surface area contributed by atoms with Gasteiger partial charge < -0.3 is 14.2 Å². The summed E-state index contributed by atoms with van der Waals surface area (Å²) in [6, 6.07) is 3.70. The third-order valence-corrected chi connectivity index (χ3v) is 4.60. The van der Waals surface area contributed by atoms with E-state index in [1.807, 2.05) is 23.7 Å². The average Bonchev–Trinajstić information content (AvgIpc) is 3.12. The summed E-state index contributed by atoms with van der Waals surface area (Å²) in [5.41, 5.74) is 0.900. The van der Waals surface area contributed by atoms with E-state index in [2.05, 4.69) is 33.9 Å². The summed E-state index contributed by atoms with van der Waals surface area (Å²) in [5, 5.41) is 8.16. The van der Waals surface area contributed by atoms with Gasteiger partial charge in [-0.2, -0.15) is 0 Å². The topological polar surface area (TPSA) is 76.4 Å². The number of rotatable bonds is 6. The Balaban J connectivity index is 1.81. The number of amides is 1. The molecule has 8 nitrogen and oxygen atoms in total. The molecule has 1 amide bonds. The molecule has 2 aromatic rings. The molecule has 0 aromatic carbocycles. The summed E-state index contributed by atoms with van der Waals surface area (Å²) in [7, 11) is 1.81. The number of hydrogen-bond donors (Lipinski definition) is 0. The molecule has 3 rings (SSSR count). The summed E-state index contributed by atoms with van der Waals surface area (Å²) in [5.74, 6) is 0.806. The highest BCUT2D eigenvalue weighted by Crippen LogP contribution is 2.24. The maximum absolute atomic E-state index is 13.3. The van der Waals surface area contributed by atoms with Gasteiger partial charge in [-0.1, -0.05) is 6.07 Å². The highest BCUT2D eigenvalue weighted by Gasteiger charge is 2.31. The van der Waals surface area contributed by atoms with Crippen LogP contribution in [0.5, 0.6) is 0 Å². The van der Waals surface area contributed by atoms with E-state index in [9.17, 15) is 4.79 Å². The highest BCUT2D eigenvalue weighted by molar-refractivity contribution is 5.83. The van der Waals surface area contributed by atoms with E-state index in [1.54, 1.807) is 23.6 Å². The van der Waals surface area contributed by atoms with Crippen molar-refractivity contribution in [1.29, 1.82) is 0 Å². The van der Waals surface area contributed by atoms with Gasteiger partial charge in [0.25, 0.3) is 0 Å². The first-order valence-corrected chi connectivity index (χ1v) is 8.93. The minimum Gasteiger partial charge on any atom is -0.379 e. The van der Waals surface area contributed by atoms with Crippen molar-refractivity contribution in [2.45, 2.75) is 32.5 Å². The molecule has 3 heterocycles. The number of pyridine rings is 1. The second-order valence-corrected chi connectivity index (χ2v) is 6.78. The van der Waals surface area contributed by atoms with Crippen LogP contribution in [-0.2, 0) is 16.1 Å². The predicted octanol–water partition coefficient (Wildman–Crippen LogP) is 1.29. The largest absolute Gasteiger partial charge is 0.379 e. The first-order valence-electron chi connectivity index (χ1n) is 8.93. The Hall–Kier alpha value is -2.32. The maximum Gasteiger partial charge on any atom is 0.244 e. The lowest BCUT2D eigenvalue weighted by atomic mass is 10.1. The molecule has 8 heteroatoms. The van der Waals surface area contributed by atoms with Gasteiger partial charge in [-0.05, 0) is 25.5 Å². The molecule has 1 aliphatic rings. The third kappa shape index (κ3) is 4.08. The van der Waals surface area contributed by atoms with Crippen molar-refractivity contribution in [3.63, 3.8) is 0 Å². The summed E-state index contributed by atoms with van der Waals surface area (Å²) in [4.78, 5) is 21.4. The number of carbonyl (C=O) groups is 1. The maximum atomic E-state index is 13.3. The Morgan fingerprint density at radius 1 is 1.35 bits per heavy atom. The zero-order valence-corrected chi connectivity index (χ0v) is 15.6. The molecule has 0 N–H and O–H groups in total. The molecule has 140 valence electrons. The Morgan fingerprint density at radius 3 is 2.77 bits per heavy atom. The zero-order valence-electron chi connectivity index (χ0n) is 15.6. The molecule has 0 spiro atoms. The van der Waals surface area contributed by atoms with E-state index in [0.717, 1.165) is 24.5 Å². The fourth-order valence-electron chi connectivity index (χ4n) is 3.19. The van der Waals surface area contributed by atoms with Gasteiger partial charge in [0.1, 0.15) is 12.4 Å². The molecule has 26 heavy (non-hydrogen) atoms. The van der Waals surface area contributed by atoms with E-state index in [4.69, 9.17) is 4.74 Å². The van der Waals surface area contributed by atoms with Crippen LogP contribution in [0, 0.1) is 0 Å². The predicted molar refractivity (Wildman–Crippen MR) is 96.3 cm³/mol. The summed E-state index contributed by atoms with van der Waals surface area (Å²) < 4.78 is 7.43. The van der Waals surface area contributed by atoms with Crippen molar-refractivity contribution in [2.24, 2.45) is 0 Å².